The highest BCUT2D eigenvalue weighted by atomic mass is 32.2. The van der Waals surface area contributed by atoms with E-state index in [1.807, 2.05) is 0 Å². The monoisotopic (exact) mass is 434 g/mol. The van der Waals surface area contributed by atoms with Crippen molar-refractivity contribution >= 4 is 15.8 Å². The van der Waals surface area contributed by atoms with Gasteiger partial charge < -0.3 is 14.8 Å². The molecule has 1 aliphatic rings. The van der Waals surface area contributed by atoms with Crippen LogP contribution in [-0.2, 0) is 16.2 Å². The fraction of sp³-hybridized carbons (Fsp3) is 0.529. The highest BCUT2D eigenvalue weighted by Crippen LogP contribution is 2.33. The molecule has 3 N–H and O–H groups in total. The summed E-state index contributed by atoms with van der Waals surface area (Å²) in [6, 6.07) is -0.362. The molecule has 8 nitrogen and oxygen atoms in total. The van der Waals surface area contributed by atoms with Crippen LogP contribution >= 0.6 is 0 Å². The highest BCUT2D eigenvalue weighted by molar-refractivity contribution is 7.89. The molecule has 2 aromatic heterocycles. The summed E-state index contributed by atoms with van der Waals surface area (Å²) in [5.74, 6) is 0.454. The Morgan fingerprint density at radius 3 is 2.55 bits per heavy atom. The first-order valence-electron chi connectivity index (χ1n) is 8.89. The molecule has 1 saturated carbocycles. The Balaban J connectivity index is 1.88. The summed E-state index contributed by atoms with van der Waals surface area (Å²) in [7, 11) is -4.38. The fourth-order valence-corrected chi connectivity index (χ4v) is 4.32. The van der Waals surface area contributed by atoms with Crippen LogP contribution in [0.2, 0.25) is 0 Å². The van der Waals surface area contributed by atoms with Crippen LogP contribution in [0.5, 0.6) is 0 Å². The van der Waals surface area contributed by atoms with Gasteiger partial charge in [-0.15, -0.1) is 0 Å². The predicted molar refractivity (Wildman–Crippen MR) is 96.4 cm³/mol. The van der Waals surface area contributed by atoms with Gasteiger partial charge in [-0.05, 0) is 38.7 Å². The van der Waals surface area contributed by atoms with Gasteiger partial charge in [-0.3, -0.25) is 0 Å². The number of oxazole rings is 1. The van der Waals surface area contributed by atoms with Crippen molar-refractivity contribution < 1.29 is 31.1 Å². The quantitative estimate of drug-likeness (QED) is 0.613. The van der Waals surface area contributed by atoms with Gasteiger partial charge in [0.2, 0.25) is 15.9 Å². The number of hydrogen-bond donors (Lipinski definition) is 3. The third-order valence-corrected chi connectivity index (χ3v) is 6.13. The second-order valence-electron chi connectivity index (χ2n) is 7.09. The van der Waals surface area contributed by atoms with E-state index in [0.29, 0.717) is 30.9 Å². The number of pyridine rings is 1. The summed E-state index contributed by atoms with van der Waals surface area (Å²) in [5, 5.41) is 12.1. The van der Waals surface area contributed by atoms with Crippen molar-refractivity contribution in [3.05, 3.63) is 35.7 Å². The molecule has 1 fully saturated rings. The Hall–Kier alpha value is -2.18. The summed E-state index contributed by atoms with van der Waals surface area (Å²) in [6.07, 6.45) is -2.09. The molecule has 0 aliphatic heterocycles. The number of rotatable bonds is 7. The number of anilines is 1. The molecule has 0 radical (unpaired) electrons. The Morgan fingerprint density at radius 2 is 2.00 bits per heavy atom. The summed E-state index contributed by atoms with van der Waals surface area (Å²) >= 11 is 0. The van der Waals surface area contributed by atoms with E-state index >= 15 is 0 Å². The number of hydrogen-bond acceptors (Lipinski definition) is 7. The standard InChI is InChI=1S/C17H21F3N4O4S/c1-9-6-23-16(28-9)10(2)24-29(26,27)14-5-12(17(18,19)20)8-22-15(14)21-7-11-3-13(25)4-11/h5-6,8,10-11,13,24-25H,3-4,7H2,1-2H3,(H,21,22). The fourth-order valence-electron chi connectivity index (χ4n) is 2.96. The maximum atomic E-state index is 13.1. The van der Waals surface area contributed by atoms with Crippen molar-refractivity contribution in [3.63, 3.8) is 0 Å². The molecule has 1 unspecified atom stereocenters. The minimum atomic E-state index is -4.75. The lowest BCUT2D eigenvalue weighted by Crippen LogP contribution is -2.34. The molecule has 3 rings (SSSR count). The second kappa shape index (κ2) is 7.92. The Bertz CT molecular complexity index is 971. The SMILES string of the molecule is Cc1cnc(C(C)NS(=O)(=O)c2cc(C(F)(F)F)cnc2NCC2CC(O)C2)o1. The molecule has 1 atom stereocenters. The Kier molecular flexibility index (Phi) is 5.88. The molecule has 0 saturated heterocycles. The van der Waals surface area contributed by atoms with Crippen molar-refractivity contribution in [3.8, 4) is 0 Å². The zero-order valence-electron chi connectivity index (χ0n) is 15.7. The first kappa shape index (κ1) is 21.5. The van der Waals surface area contributed by atoms with E-state index in [9.17, 15) is 26.7 Å². The third kappa shape index (κ3) is 5.06. The predicted octanol–water partition coefficient (Wildman–Crippen LogP) is 2.62. The van der Waals surface area contributed by atoms with Crippen molar-refractivity contribution in [2.24, 2.45) is 5.92 Å². The van der Waals surface area contributed by atoms with Gasteiger partial charge in [-0.1, -0.05) is 0 Å². The molecule has 2 heterocycles. The molecule has 1 aliphatic carbocycles. The van der Waals surface area contributed by atoms with Crippen LogP contribution in [0.15, 0.2) is 27.8 Å². The number of nitrogens with zero attached hydrogens (tertiary/aromatic N) is 2. The van der Waals surface area contributed by atoms with Crippen LogP contribution in [0.3, 0.4) is 0 Å². The number of sulfonamides is 1. The molecule has 160 valence electrons. The number of aryl methyl sites for hydroxylation is 1. The van der Waals surface area contributed by atoms with Gasteiger partial charge in [0.15, 0.2) is 0 Å². The van der Waals surface area contributed by atoms with Gasteiger partial charge >= 0.3 is 6.18 Å². The van der Waals surface area contributed by atoms with Crippen LogP contribution in [0, 0.1) is 12.8 Å². The van der Waals surface area contributed by atoms with Crippen LogP contribution < -0.4 is 10.0 Å². The number of aliphatic hydroxyl groups excluding tert-OH is 1. The molecule has 0 spiro atoms. The van der Waals surface area contributed by atoms with Gasteiger partial charge in [-0.2, -0.15) is 17.9 Å². The second-order valence-corrected chi connectivity index (χ2v) is 8.78. The zero-order valence-corrected chi connectivity index (χ0v) is 16.5. The van der Waals surface area contributed by atoms with E-state index in [0.717, 1.165) is 0 Å². The van der Waals surface area contributed by atoms with Crippen LogP contribution in [-0.4, -0.2) is 36.1 Å². The normalized spacial score (nSPS) is 20.9. The van der Waals surface area contributed by atoms with Crippen molar-refractivity contribution in [2.45, 2.75) is 49.9 Å². The number of aromatic nitrogens is 2. The zero-order chi connectivity index (χ0) is 21.4. The maximum absolute atomic E-state index is 13.1. The lowest BCUT2D eigenvalue weighted by molar-refractivity contribution is -0.138. The Morgan fingerprint density at radius 1 is 1.31 bits per heavy atom. The third-order valence-electron chi connectivity index (χ3n) is 4.58. The maximum Gasteiger partial charge on any atom is 0.417 e. The van der Waals surface area contributed by atoms with Crippen LogP contribution in [0.4, 0.5) is 19.0 Å². The number of alkyl halides is 3. The van der Waals surface area contributed by atoms with E-state index in [4.69, 9.17) is 4.42 Å². The molecule has 29 heavy (non-hydrogen) atoms. The minimum absolute atomic E-state index is 0.0870. The van der Waals surface area contributed by atoms with E-state index in [1.54, 1.807) is 6.92 Å². The minimum Gasteiger partial charge on any atom is -0.444 e. The molecular formula is C17H21F3N4O4S. The van der Waals surface area contributed by atoms with E-state index < -0.39 is 38.8 Å². The highest BCUT2D eigenvalue weighted by Gasteiger charge is 2.35. The van der Waals surface area contributed by atoms with E-state index in [-0.39, 0.29) is 24.2 Å². The van der Waals surface area contributed by atoms with E-state index in [1.165, 1.54) is 13.1 Å². The first-order valence-corrected chi connectivity index (χ1v) is 10.4. The number of aliphatic hydroxyl groups is 1. The molecule has 0 bridgehead atoms. The van der Waals surface area contributed by atoms with Gasteiger partial charge in [0.05, 0.1) is 23.9 Å². The number of nitrogens with one attached hydrogen (secondary N) is 2. The number of halogens is 3. The Labute approximate surface area is 165 Å². The average Bonchev–Trinajstić information content (AvgIpc) is 3.03. The summed E-state index contributed by atoms with van der Waals surface area (Å²) in [4.78, 5) is 7.00. The van der Waals surface area contributed by atoms with Gasteiger partial charge in [0.25, 0.3) is 0 Å². The largest absolute Gasteiger partial charge is 0.444 e. The molecule has 12 heteroatoms. The topological polar surface area (TPSA) is 117 Å². The lowest BCUT2D eigenvalue weighted by atomic mass is 9.82. The van der Waals surface area contributed by atoms with Gasteiger partial charge in [0, 0.05) is 12.7 Å². The molecule has 0 amide bonds. The van der Waals surface area contributed by atoms with Gasteiger partial charge in [0.1, 0.15) is 16.5 Å². The lowest BCUT2D eigenvalue weighted by Gasteiger charge is -2.31. The van der Waals surface area contributed by atoms with Crippen molar-refractivity contribution in [2.75, 3.05) is 11.9 Å². The summed E-state index contributed by atoms with van der Waals surface area (Å²) < 4.78 is 72.5. The smallest absolute Gasteiger partial charge is 0.417 e. The summed E-state index contributed by atoms with van der Waals surface area (Å²) in [6.45, 7) is 3.38. The molecule has 2 aromatic rings. The van der Waals surface area contributed by atoms with Crippen LogP contribution in [0.1, 0.15) is 43.0 Å². The first-order chi connectivity index (χ1) is 13.5. The average molecular weight is 434 g/mol. The van der Waals surface area contributed by atoms with E-state index in [2.05, 4.69) is 20.0 Å². The van der Waals surface area contributed by atoms with Crippen molar-refractivity contribution in [1.29, 1.82) is 0 Å². The van der Waals surface area contributed by atoms with Crippen LogP contribution in [0.25, 0.3) is 0 Å². The molecule has 0 aromatic carbocycles. The molecular weight excluding hydrogens is 413 g/mol. The summed E-state index contributed by atoms with van der Waals surface area (Å²) in [5.41, 5.74) is -1.18. The van der Waals surface area contributed by atoms with Crippen molar-refractivity contribution in [1.82, 2.24) is 14.7 Å². The van der Waals surface area contributed by atoms with Gasteiger partial charge in [-0.25, -0.2) is 18.4 Å².